The molecule has 2 heterocycles. The number of fused-ring (bicyclic) bond motifs is 1. The number of hydrazone groups is 1. The number of halogens is 1. The maximum absolute atomic E-state index is 13.9. The van der Waals surface area contributed by atoms with Gasteiger partial charge in [-0.1, -0.05) is 12.1 Å². The first kappa shape index (κ1) is 14.2. The van der Waals surface area contributed by atoms with E-state index in [9.17, 15) is 18.8 Å². The Morgan fingerprint density at radius 1 is 1.36 bits per heavy atom. The second-order valence-electron chi connectivity index (χ2n) is 4.77. The van der Waals surface area contributed by atoms with Crippen molar-refractivity contribution in [1.29, 1.82) is 0 Å². The number of para-hydroxylation sites is 1. The van der Waals surface area contributed by atoms with Gasteiger partial charge in [0.05, 0.1) is 12.3 Å². The molecule has 1 aromatic rings. The average Bonchev–Trinajstić information content (AvgIpc) is 3.02. The lowest BCUT2D eigenvalue weighted by Gasteiger charge is -2.16. The van der Waals surface area contributed by atoms with Crippen LogP contribution in [0.1, 0.15) is 6.92 Å². The van der Waals surface area contributed by atoms with Gasteiger partial charge in [0.25, 0.3) is 5.91 Å². The minimum Gasteiger partial charge on any atom is -0.461 e. The van der Waals surface area contributed by atoms with Gasteiger partial charge in [-0.2, -0.15) is 5.10 Å². The predicted molar refractivity (Wildman–Crippen MR) is 73.4 cm³/mol. The van der Waals surface area contributed by atoms with Crippen molar-refractivity contribution in [3.63, 3.8) is 0 Å². The van der Waals surface area contributed by atoms with E-state index in [1.165, 1.54) is 18.2 Å². The summed E-state index contributed by atoms with van der Waals surface area (Å²) in [5, 5.41) is 3.72. The van der Waals surface area contributed by atoms with Crippen LogP contribution >= 0.6 is 0 Å². The van der Waals surface area contributed by atoms with Crippen LogP contribution in [0.25, 0.3) is 0 Å². The molecule has 1 saturated heterocycles. The van der Waals surface area contributed by atoms with Gasteiger partial charge in [0.1, 0.15) is 17.8 Å². The standard InChI is InChI=1S/C14H12FN3O4/c1-2-22-14(21)11-9-10(16-17-11)13(20)18(12(9)19)8-6-4-3-5-7(8)15/h3-6,9-10,16H,2H2,1H3/t9-,10-/m0/s1. The van der Waals surface area contributed by atoms with Crippen molar-refractivity contribution in [3.8, 4) is 0 Å². The van der Waals surface area contributed by atoms with Gasteiger partial charge in [-0.25, -0.2) is 14.1 Å². The molecule has 114 valence electrons. The van der Waals surface area contributed by atoms with Crippen molar-refractivity contribution < 1.29 is 23.5 Å². The molecule has 3 rings (SSSR count). The monoisotopic (exact) mass is 305 g/mol. The Labute approximate surface area is 124 Å². The fraction of sp³-hybridized carbons (Fsp3) is 0.286. The molecule has 1 fully saturated rings. The predicted octanol–water partition coefficient (Wildman–Crippen LogP) is 0.206. The van der Waals surface area contributed by atoms with E-state index in [2.05, 4.69) is 10.5 Å². The number of benzene rings is 1. The highest BCUT2D eigenvalue weighted by atomic mass is 19.1. The second-order valence-corrected chi connectivity index (χ2v) is 4.77. The largest absolute Gasteiger partial charge is 0.461 e. The summed E-state index contributed by atoms with van der Waals surface area (Å²) in [5.41, 5.74) is 2.16. The third kappa shape index (κ3) is 1.95. The zero-order valence-electron chi connectivity index (χ0n) is 11.6. The van der Waals surface area contributed by atoms with E-state index in [1.54, 1.807) is 6.92 Å². The number of hydrogen-bond acceptors (Lipinski definition) is 6. The minimum atomic E-state index is -1.09. The smallest absolute Gasteiger partial charge is 0.355 e. The zero-order chi connectivity index (χ0) is 15.9. The van der Waals surface area contributed by atoms with Crippen LogP contribution in [0.15, 0.2) is 29.4 Å². The highest BCUT2D eigenvalue weighted by molar-refractivity contribution is 6.46. The van der Waals surface area contributed by atoms with E-state index >= 15 is 0 Å². The lowest BCUT2D eigenvalue weighted by atomic mass is 9.99. The molecule has 0 aromatic heterocycles. The number of hydrogen-bond donors (Lipinski definition) is 1. The molecule has 0 radical (unpaired) electrons. The fourth-order valence-corrected chi connectivity index (χ4v) is 2.53. The van der Waals surface area contributed by atoms with Crippen molar-refractivity contribution >= 4 is 29.2 Å². The summed E-state index contributed by atoms with van der Waals surface area (Å²) in [4.78, 5) is 37.3. The Balaban J connectivity index is 1.95. The van der Waals surface area contributed by atoms with Crippen molar-refractivity contribution in [2.24, 2.45) is 11.0 Å². The molecule has 0 bridgehead atoms. The molecule has 2 amide bonds. The lowest BCUT2D eigenvalue weighted by Crippen LogP contribution is -2.36. The number of imide groups is 1. The zero-order valence-corrected chi connectivity index (χ0v) is 11.6. The summed E-state index contributed by atoms with van der Waals surface area (Å²) in [6.45, 7) is 1.74. The van der Waals surface area contributed by atoms with Gasteiger partial charge in [-0.15, -0.1) is 0 Å². The molecule has 2 atom stereocenters. The van der Waals surface area contributed by atoms with Gasteiger partial charge in [-0.3, -0.25) is 15.0 Å². The van der Waals surface area contributed by atoms with Gasteiger partial charge < -0.3 is 4.74 Å². The van der Waals surface area contributed by atoms with Crippen molar-refractivity contribution in [2.75, 3.05) is 11.5 Å². The average molecular weight is 305 g/mol. The summed E-state index contributed by atoms with van der Waals surface area (Å²) < 4.78 is 18.7. The van der Waals surface area contributed by atoms with Crippen LogP contribution in [-0.4, -0.2) is 36.1 Å². The molecule has 22 heavy (non-hydrogen) atoms. The Morgan fingerprint density at radius 3 is 2.77 bits per heavy atom. The van der Waals surface area contributed by atoms with Crippen LogP contribution in [-0.2, 0) is 19.1 Å². The van der Waals surface area contributed by atoms with Crippen LogP contribution in [0, 0.1) is 11.7 Å². The van der Waals surface area contributed by atoms with Crippen LogP contribution in [0.5, 0.6) is 0 Å². The molecule has 1 aromatic carbocycles. The van der Waals surface area contributed by atoms with Gasteiger partial charge in [0.2, 0.25) is 5.91 Å². The van der Waals surface area contributed by atoms with Crippen molar-refractivity contribution in [3.05, 3.63) is 30.1 Å². The highest BCUT2D eigenvalue weighted by Crippen LogP contribution is 2.32. The molecule has 2 aliphatic heterocycles. The lowest BCUT2D eigenvalue weighted by molar-refractivity contribution is -0.136. The van der Waals surface area contributed by atoms with Crippen molar-refractivity contribution in [1.82, 2.24) is 5.43 Å². The van der Waals surface area contributed by atoms with E-state index in [-0.39, 0.29) is 18.0 Å². The molecule has 0 aliphatic carbocycles. The molecular formula is C14H12FN3O4. The van der Waals surface area contributed by atoms with Gasteiger partial charge in [0.15, 0.2) is 5.71 Å². The summed E-state index contributed by atoms with van der Waals surface area (Å²) in [6, 6.07) is 4.44. The fourth-order valence-electron chi connectivity index (χ4n) is 2.53. The number of ether oxygens (including phenoxy) is 1. The van der Waals surface area contributed by atoms with Crippen LogP contribution in [0.3, 0.4) is 0 Å². The first-order chi connectivity index (χ1) is 10.6. The number of esters is 1. The van der Waals surface area contributed by atoms with Gasteiger partial charge >= 0.3 is 5.97 Å². The van der Waals surface area contributed by atoms with Crippen LogP contribution in [0.2, 0.25) is 0 Å². The third-order valence-corrected chi connectivity index (χ3v) is 3.50. The molecule has 2 aliphatic rings. The minimum absolute atomic E-state index is 0.119. The topological polar surface area (TPSA) is 88.1 Å². The second kappa shape index (κ2) is 5.21. The van der Waals surface area contributed by atoms with E-state index in [0.29, 0.717) is 0 Å². The van der Waals surface area contributed by atoms with Crippen molar-refractivity contribution in [2.45, 2.75) is 13.0 Å². The number of nitrogens with zero attached hydrogens (tertiary/aromatic N) is 2. The molecule has 7 nitrogen and oxygen atoms in total. The van der Waals surface area contributed by atoms with E-state index < -0.39 is 35.6 Å². The molecule has 0 saturated carbocycles. The Morgan fingerprint density at radius 2 is 2.09 bits per heavy atom. The number of carbonyl (C=O) groups is 3. The molecule has 1 N–H and O–H groups in total. The number of amides is 2. The number of nitrogens with one attached hydrogen (secondary N) is 1. The summed E-state index contributed by atoms with van der Waals surface area (Å²) in [6.07, 6.45) is 0. The SMILES string of the molecule is CCOC(=O)C1=NN[C@@H]2C(=O)N(c3ccccc3F)C(=O)[C@H]12. The summed E-state index contributed by atoms with van der Waals surface area (Å²) in [7, 11) is 0. The Bertz CT molecular complexity index is 703. The first-order valence-corrected chi connectivity index (χ1v) is 6.68. The summed E-state index contributed by atoms with van der Waals surface area (Å²) >= 11 is 0. The molecule has 0 unspecified atom stereocenters. The highest BCUT2D eigenvalue weighted by Gasteiger charge is 2.56. The molecule has 8 heteroatoms. The maximum Gasteiger partial charge on any atom is 0.355 e. The first-order valence-electron chi connectivity index (χ1n) is 6.68. The Hall–Kier alpha value is -2.77. The summed E-state index contributed by atoms with van der Waals surface area (Å²) in [5.74, 6) is -3.90. The normalized spacial score (nSPS) is 23.2. The maximum atomic E-state index is 13.9. The van der Waals surface area contributed by atoms with Gasteiger partial charge in [-0.05, 0) is 19.1 Å². The molecule has 0 spiro atoms. The van der Waals surface area contributed by atoms with Crippen LogP contribution < -0.4 is 10.3 Å². The van der Waals surface area contributed by atoms with E-state index in [1.807, 2.05) is 0 Å². The number of rotatable bonds is 3. The van der Waals surface area contributed by atoms with E-state index in [4.69, 9.17) is 4.74 Å². The quantitative estimate of drug-likeness (QED) is 0.637. The number of carbonyl (C=O) groups excluding carboxylic acids is 3. The Kier molecular flexibility index (Phi) is 3.36. The number of anilines is 1. The third-order valence-electron chi connectivity index (χ3n) is 3.50. The molecular weight excluding hydrogens is 293 g/mol. The van der Waals surface area contributed by atoms with Gasteiger partial charge in [0, 0.05) is 0 Å². The van der Waals surface area contributed by atoms with E-state index in [0.717, 1.165) is 11.0 Å². The van der Waals surface area contributed by atoms with Crippen LogP contribution in [0.4, 0.5) is 10.1 Å².